The van der Waals surface area contributed by atoms with E-state index in [4.69, 9.17) is 37.8 Å². The first-order chi connectivity index (χ1) is 15.6. The normalized spacial score (nSPS) is 14.5. The van der Waals surface area contributed by atoms with Gasteiger partial charge in [-0.1, -0.05) is 23.2 Å². The van der Waals surface area contributed by atoms with Gasteiger partial charge in [-0.3, -0.25) is 0 Å². The summed E-state index contributed by atoms with van der Waals surface area (Å²) in [5, 5.41) is 16.0. The zero-order valence-electron chi connectivity index (χ0n) is 17.2. The predicted octanol–water partition coefficient (Wildman–Crippen LogP) is 4.71. The monoisotopic (exact) mass is 480 g/mol. The van der Waals surface area contributed by atoms with Gasteiger partial charge in [0.15, 0.2) is 17.3 Å². The van der Waals surface area contributed by atoms with Gasteiger partial charge in [0, 0.05) is 24.5 Å². The third-order valence-corrected chi connectivity index (χ3v) is 5.91. The third kappa shape index (κ3) is 5.15. The Morgan fingerprint density at radius 3 is 2.75 bits per heavy atom. The van der Waals surface area contributed by atoms with Gasteiger partial charge in [-0.2, -0.15) is 0 Å². The van der Waals surface area contributed by atoms with Gasteiger partial charge < -0.3 is 25.2 Å². The summed E-state index contributed by atoms with van der Waals surface area (Å²) < 4.78 is 26.7. The van der Waals surface area contributed by atoms with Crippen LogP contribution in [0.3, 0.4) is 0 Å². The molecule has 0 amide bonds. The fourth-order valence-electron chi connectivity index (χ4n) is 3.46. The van der Waals surface area contributed by atoms with Gasteiger partial charge >= 0.3 is 0 Å². The van der Waals surface area contributed by atoms with Crippen LogP contribution in [0.25, 0.3) is 10.9 Å². The Kier molecular flexibility index (Phi) is 7.47. The maximum Gasteiger partial charge on any atom is 0.166 e. The number of aliphatic hydroxyl groups excluding tert-OH is 1. The molecule has 1 aliphatic heterocycles. The lowest BCUT2D eigenvalue weighted by molar-refractivity contribution is 0.152. The van der Waals surface area contributed by atoms with Crippen LogP contribution < -0.4 is 20.1 Å². The number of hydrogen-bond acceptors (Lipinski definition) is 7. The highest BCUT2D eigenvalue weighted by molar-refractivity contribution is 6.42. The molecule has 0 saturated carbocycles. The molecule has 32 heavy (non-hydrogen) atoms. The van der Waals surface area contributed by atoms with Gasteiger partial charge in [0.25, 0.3) is 0 Å². The lowest BCUT2D eigenvalue weighted by Gasteiger charge is -2.25. The van der Waals surface area contributed by atoms with Crippen LogP contribution in [0.1, 0.15) is 19.3 Å². The topological polar surface area (TPSA) is 88.5 Å². The number of rotatable bonds is 8. The van der Waals surface area contributed by atoms with Crippen molar-refractivity contribution in [3.05, 3.63) is 46.5 Å². The average Bonchev–Trinajstić information content (AvgIpc) is 2.81. The number of piperidine rings is 1. The molecular weight excluding hydrogens is 458 g/mol. The summed E-state index contributed by atoms with van der Waals surface area (Å²) in [7, 11) is 0. The van der Waals surface area contributed by atoms with Crippen LogP contribution in [-0.4, -0.2) is 47.5 Å². The summed E-state index contributed by atoms with van der Waals surface area (Å²) in [5.74, 6) is 0.815. The van der Waals surface area contributed by atoms with E-state index >= 15 is 0 Å². The zero-order valence-corrected chi connectivity index (χ0v) is 18.7. The molecule has 170 valence electrons. The van der Waals surface area contributed by atoms with Crippen LogP contribution in [0.15, 0.2) is 30.6 Å². The predicted molar refractivity (Wildman–Crippen MR) is 123 cm³/mol. The number of aromatic nitrogens is 2. The second-order valence-corrected chi connectivity index (χ2v) is 8.16. The van der Waals surface area contributed by atoms with Gasteiger partial charge in [0.1, 0.15) is 18.2 Å². The summed E-state index contributed by atoms with van der Waals surface area (Å²) in [4.78, 5) is 8.61. The fraction of sp³-hybridized carbons (Fsp3) is 0.364. The highest BCUT2D eigenvalue weighted by Crippen LogP contribution is 2.37. The Bertz CT molecular complexity index is 1100. The van der Waals surface area contributed by atoms with Crippen molar-refractivity contribution in [2.75, 3.05) is 31.6 Å². The van der Waals surface area contributed by atoms with Crippen LogP contribution >= 0.6 is 23.2 Å². The minimum absolute atomic E-state index is 0.0313. The largest absolute Gasteiger partial charge is 0.490 e. The summed E-state index contributed by atoms with van der Waals surface area (Å²) in [6.45, 7) is 2.13. The number of aliphatic hydroxyl groups is 1. The zero-order chi connectivity index (χ0) is 22.5. The molecule has 1 fully saturated rings. The molecule has 7 nitrogen and oxygen atoms in total. The van der Waals surface area contributed by atoms with E-state index in [2.05, 4.69) is 20.6 Å². The lowest BCUT2D eigenvalue weighted by Crippen LogP contribution is -2.34. The molecule has 2 aromatic carbocycles. The second kappa shape index (κ2) is 10.5. The summed E-state index contributed by atoms with van der Waals surface area (Å²) in [6.07, 6.45) is 3.67. The number of hydrogen-bond donors (Lipinski definition) is 3. The van der Waals surface area contributed by atoms with Gasteiger partial charge in [-0.25, -0.2) is 14.4 Å². The molecule has 0 atom stereocenters. The number of anilines is 2. The van der Waals surface area contributed by atoms with E-state index in [1.54, 1.807) is 12.1 Å². The summed E-state index contributed by atoms with van der Waals surface area (Å²) >= 11 is 11.8. The maximum absolute atomic E-state index is 14.6. The van der Waals surface area contributed by atoms with Crippen molar-refractivity contribution >= 4 is 45.6 Å². The standard InChI is InChI=1S/C22H23Cl2FN4O3/c23-15-2-3-16(21(25)20(15)24)29-22-14-10-19(32-13-4-6-26-7-5-13)18(31-9-1-8-30)11-17(14)27-12-28-22/h2-3,10-13,26,30H,1,4-9H2,(H,27,28,29). The Labute approximate surface area is 194 Å². The molecule has 0 bridgehead atoms. The molecule has 1 aromatic heterocycles. The minimum Gasteiger partial charge on any atom is -0.490 e. The molecule has 2 heterocycles. The van der Waals surface area contributed by atoms with Crippen molar-refractivity contribution in [3.8, 4) is 11.5 Å². The number of benzene rings is 2. The van der Waals surface area contributed by atoms with Crippen LogP contribution in [0.4, 0.5) is 15.9 Å². The van der Waals surface area contributed by atoms with Crippen LogP contribution in [0.2, 0.25) is 10.0 Å². The molecule has 3 aromatic rings. The first-order valence-electron chi connectivity index (χ1n) is 10.4. The molecule has 3 N–H and O–H groups in total. The number of ether oxygens (including phenoxy) is 2. The highest BCUT2D eigenvalue weighted by Gasteiger charge is 2.20. The van der Waals surface area contributed by atoms with Crippen molar-refractivity contribution in [2.24, 2.45) is 0 Å². The van der Waals surface area contributed by atoms with Crippen LogP contribution in [-0.2, 0) is 0 Å². The van der Waals surface area contributed by atoms with Gasteiger partial charge in [0.05, 0.1) is 27.9 Å². The van der Waals surface area contributed by atoms with E-state index < -0.39 is 5.82 Å². The quantitative estimate of drug-likeness (QED) is 0.317. The number of nitrogens with one attached hydrogen (secondary N) is 2. The number of halogens is 3. The molecular formula is C22H23Cl2FN4O3. The van der Waals surface area contributed by atoms with Gasteiger partial charge in [-0.15, -0.1) is 0 Å². The van der Waals surface area contributed by atoms with Gasteiger partial charge in [-0.05, 0) is 44.1 Å². The molecule has 0 spiro atoms. The van der Waals surface area contributed by atoms with Gasteiger partial charge in [0.2, 0.25) is 0 Å². The van der Waals surface area contributed by atoms with E-state index in [1.807, 2.05) is 0 Å². The van der Waals surface area contributed by atoms with Crippen LogP contribution in [0, 0.1) is 5.82 Å². The van der Waals surface area contributed by atoms with Crippen molar-refractivity contribution in [3.63, 3.8) is 0 Å². The first-order valence-corrected chi connectivity index (χ1v) is 11.1. The lowest BCUT2D eigenvalue weighted by atomic mass is 10.1. The average molecular weight is 481 g/mol. The summed E-state index contributed by atoms with van der Waals surface area (Å²) in [5.41, 5.74) is 0.739. The van der Waals surface area contributed by atoms with E-state index in [9.17, 15) is 4.39 Å². The van der Waals surface area contributed by atoms with E-state index in [1.165, 1.54) is 18.5 Å². The summed E-state index contributed by atoms with van der Waals surface area (Å²) in [6, 6.07) is 6.57. The minimum atomic E-state index is -0.666. The molecule has 0 unspecified atom stereocenters. The van der Waals surface area contributed by atoms with Crippen molar-refractivity contribution in [1.82, 2.24) is 15.3 Å². The Hall–Kier alpha value is -2.39. The fourth-order valence-corrected chi connectivity index (χ4v) is 3.77. The smallest absolute Gasteiger partial charge is 0.166 e. The van der Waals surface area contributed by atoms with E-state index in [0.29, 0.717) is 41.2 Å². The van der Waals surface area contributed by atoms with E-state index in [-0.39, 0.29) is 28.4 Å². The molecule has 4 rings (SSSR count). The highest BCUT2D eigenvalue weighted by atomic mass is 35.5. The van der Waals surface area contributed by atoms with Crippen molar-refractivity contribution in [1.29, 1.82) is 0 Å². The molecule has 10 heteroatoms. The molecule has 1 aliphatic rings. The molecule has 1 saturated heterocycles. The number of nitrogens with zero attached hydrogens (tertiary/aromatic N) is 2. The van der Waals surface area contributed by atoms with Crippen molar-refractivity contribution in [2.45, 2.75) is 25.4 Å². The molecule has 0 aliphatic carbocycles. The first kappa shape index (κ1) is 22.8. The maximum atomic E-state index is 14.6. The Balaban J connectivity index is 1.71. The van der Waals surface area contributed by atoms with Crippen molar-refractivity contribution < 1.29 is 19.0 Å². The Morgan fingerprint density at radius 1 is 1.16 bits per heavy atom. The molecule has 0 radical (unpaired) electrons. The third-order valence-electron chi connectivity index (χ3n) is 5.13. The number of fused-ring (bicyclic) bond motifs is 1. The van der Waals surface area contributed by atoms with E-state index in [0.717, 1.165) is 25.9 Å². The second-order valence-electron chi connectivity index (χ2n) is 7.38. The van der Waals surface area contributed by atoms with Crippen LogP contribution in [0.5, 0.6) is 11.5 Å². The Morgan fingerprint density at radius 2 is 1.97 bits per heavy atom. The SMILES string of the molecule is OCCCOc1cc2ncnc(Nc3ccc(Cl)c(Cl)c3F)c2cc1OC1CCNCC1.